The van der Waals surface area contributed by atoms with Crippen LogP contribution in [0.2, 0.25) is 0 Å². The average Bonchev–Trinajstić information content (AvgIpc) is 2.61. The zero-order valence-electron chi connectivity index (χ0n) is 15.5. The Kier molecular flexibility index (Phi) is 6.84. The van der Waals surface area contributed by atoms with E-state index in [0.717, 1.165) is 6.07 Å². The van der Waals surface area contributed by atoms with Crippen molar-refractivity contribution in [3.63, 3.8) is 0 Å². The predicted octanol–water partition coefficient (Wildman–Crippen LogP) is 2.90. The zero-order valence-corrected chi connectivity index (χ0v) is 16.4. The standard InChI is InChI=1S/C18H20N2O7S/c1-12(11-26-3)19-28(24,25)16-8-9-18(17(10-16)20(22)23)27-15-6-4-14(5-7-15)13(2)21/h4-10,12,19H,11H2,1-3H3/t12-/m0/s1. The molecule has 2 rings (SSSR count). The third-order valence-corrected chi connectivity index (χ3v) is 5.29. The highest BCUT2D eigenvalue weighted by Gasteiger charge is 2.24. The number of rotatable bonds is 9. The van der Waals surface area contributed by atoms with Gasteiger partial charge in [0, 0.05) is 24.8 Å². The van der Waals surface area contributed by atoms with E-state index in [-0.39, 0.29) is 28.8 Å². The van der Waals surface area contributed by atoms with Gasteiger partial charge in [-0.2, -0.15) is 0 Å². The number of carbonyl (C=O) groups is 1. The topological polar surface area (TPSA) is 125 Å². The molecule has 0 aliphatic heterocycles. The number of nitro benzene ring substituents is 1. The first-order valence-electron chi connectivity index (χ1n) is 8.22. The number of methoxy groups -OCH3 is 1. The average molecular weight is 408 g/mol. The number of sulfonamides is 1. The first-order valence-corrected chi connectivity index (χ1v) is 9.71. The molecule has 0 unspecified atom stereocenters. The van der Waals surface area contributed by atoms with E-state index in [1.165, 1.54) is 50.4 Å². The van der Waals surface area contributed by atoms with Crippen molar-refractivity contribution in [1.82, 2.24) is 4.72 Å². The van der Waals surface area contributed by atoms with Crippen LogP contribution in [0.1, 0.15) is 24.2 Å². The maximum absolute atomic E-state index is 12.4. The molecule has 0 amide bonds. The van der Waals surface area contributed by atoms with Crippen LogP contribution in [-0.4, -0.2) is 38.9 Å². The number of ether oxygens (including phenoxy) is 2. The van der Waals surface area contributed by atoms with Gasteiger partial charge in [-0.1, -0.05) is 0 Å². The summed E-state index contributed by atoms with van der Waals surface area (Å²) >= 11 is 0. The number of hydrogen-bond acceptors (Lipinski definition) is 7. The molecule has 150 valence electrons. The maximum atomic E-state index is 12.4. The molecule has 0 saturated carbocycles. The van der Waals surface area contributed by atoms with Crippen molar-refractivity contribution in [3.05, 3.63) is 58.1 Å². The molecule has 28 heavy (non-hydrogen) atoms. The van der Waals surface area contributed by atoms with Gasteiger partial charge in [0.1, 0.15) is 5.75 Å². The minimum absolute atomic E-state index is 0.121. The number of benzene rings is 2. The summed E-state index contributed by atoms with van der Waals surface area (Å²) in [6.45, 7) is 3.18. The van der Waals surface area contributed by atoms with Crippen LogP contribution in [0, 0.1) is 10.1 Å². The lowest BCUT2D eigenvalue weighted by Gasteiger charge is -2.14. The van der Waals surface area contributed by atoms with Crippen LogP contribution < -0.4 is 9.46 Å². The van der Waals surface area contributed by atoms with Gasteiger partial charge >= 0.3 is 5.69 Å². The molecule has 0 aliphatic rings. The Morgan fingerprint density at radius 1 is 1.21 bits per heavy atom. The summed E-state index contributed by atoms with van der Waals surface area (Å²) in [5.74, 6) is 0.0299. The Hall–Kier alpha value is -2.82. The Bertz CT molecular complexity index is 972. The normalized spacial score (nSPS) is 12.4. The van der Waals surface area contributed by atoms with Crippen LogP contribution in [-0.2, 0) is 14.8 Å². The summed E-state index contributed by atoms with van der Waals surface area (Å²) in [5, 5.41) is 11.4. The zero-order chi connectivity index (χ0) is 20.9. The van der Waals surface area contributed by atoms with Gasteiger partial charge < -0.3 is 9.47 Å². The molecule has 0 bridgehead atoms. The number of hydrogen-bond donors (Lipinski definition) is 1. The monoisotopic (exact) mass is 408 g/mol. The van der Waals surface area contributed by atoms with E-state index in [9.17, 15) is 23.3 Å². The summed E-state index contributed by atoms with van der Waals surface area (Å²) in [5.41, 5.74) is -0.0301. The molecule has 0 saturated heterocycles. The third kappa shape index (κ3) is 5.35. The number of carbonyl (C=O) groups excluding carboxylic acids is 1. The Labute approximate surface area is 162 Å². The van der Waals surface area contributed by atoms with Crippen molar-refractivity contribution in [2.45, 2.75) is 24.8 Å². The van der Waals surface area contributed by atoms with Gasteiger partial charge in [0.15, 0.2) is 5.78 Å². The van der Waals surface area contributed by atoms with Crippen molar-refractivity contribution in [1.29, 1.82) is 0 Å². The van der Waals surface area contributed by atoms with Crippen LogP contribution in [0.25, 0.3) is 0 Å². The molecule has 2 aromatic carbocycles. The summed E-state index contributed by atoms with van der Waals surface area (Å²) in [4.78, 5) is 21.7. The van der Waals surface area contributed by atoms with Crippen LogP contribution in [0.3, 0.4) is 0 Å². The fourth-order valence-corrected chi connectivity index (χ4v) is 3.64. The second-order valence-corrected chi connectivity index (χ2v) is 7.76. The highest BCUT2D eigenvalue weighted by atomic mass is 32.2. The van der Waals surface area contributed by atoms with Crippen LogP contribution in [0.15, 0.2) is 47.4 Å². The Morgan fingerprint density at radius 2 is 1.86 bits per heavy atom. The number of Topliss-reactive ketones (excluding diaryl/α,β-unsaturated/α-hetero) is 1. The lowest BCUT2D eigenvalue weighted by molar-refractivity contribution is -0.385. The van der Waals surface area contributed by atoms with E-state index >= 15 is 0 Å². The van der Waals surface area contributed by atoms with E-state index in [1.807, 2.05) is 0 Å². The molecule has 10 heteroatoms. The van der Waals surface area contributed by atoms with Gasteiger partial charge in [-0.05, 0) is 50.2 Å². The molecule has 0 fully saturated rings. The van der Waals surface area contributed by atoms with E-state index in [0.29, 0.717) is 5.56 Å². The fourth-order valence-electron chi connectivity index (χ4n) is 2.39. The molecular formula is C18H20N2O7S. The molecule has 1 atom stereocenters. The van der Waals surface area contributed by atoms with E-state index < -0.39 is 26.7 Å². The maximum Gasteiger partial charge on any atom is 0.312 e. The second-order valence-electron chi connectivity index (χ2n) is 6.05. The largest absolute Gasteiger partial charge is 0.450 e. The van der Waals surface area contributed by atoms with Crippen LogP contribution in [0.4, 0.5) is 5.69 Å². The lowest BCUT2D eigenvalue weighted by Crippen LogP contribution is -2.35. The first-order chi connectivity index (χ1) is 13.1. The van der Waals surface area contributed by atoms with Crippen molar-refractivity contribution < 1.29 is 27.6 Å². The van der Waals surface area contributed by atoms with Gasteiger partial charge in [-0.3, -0.25) is 14.9 Å². The van der Waals surface area contributed by atoms with Crippen molar-refractivity contribution >= 4 is 21.5 Å². The number of nitro groups is 1. The van der Waals surface area contributed by atoms with Gasteiger partial charge in [-0.25, -0.2) is 13.1 Å². The smallest absolute Gasteiger partial charge is 0.312 e. The van der Waals surface area contributed by atoms with Gasteiger partial charge in [0.05, 0.1) is 16.4 Å². The second kappa shape index (κ2) is 8.91. The fraction of sp³-hybridized carbons (Fsp3) is 0.278. The van der Waals surface area contributed by atoms with Gasteiger partial charge in [0.2, 0.25) is 15.8 Å². The third-order valence-electron chi connectivity index (χ3n) is 3.70. The number of nitrogens with zero attached hydrogens (tertiary/aromatic N) is 1. The van der Waals surface area contributed by atoms with E-state index in [4.69, 9.17) is 9.47 Å². The van der Waals surface area contributed by atoms with Crippen molar-refractivity contribution in [2.75, 3.05) is 13.7 Å². The molecule has 0 aromatic heterocycles. The lowest BCUT2D eigenvalue weighted by atomic mass is 10.1. The van der Waals surface area contributed by atoms with Crippen molar-refractivity contribution in [2.24, 2.45) is 0 Å². The van der Waals surface area contributed by atoms with Crippen LogP contribution in [0.5, 0.6) is 11.5 Å². The predicted molar refractivity (Wildman–Crippen MR) is 101 cm³/mol. The Balaban J connectivity index is 2.32. The van der Waals surface area contributed by atoms with Gasteiger partial charge in [0.25, 0.3) is 0 Å². The first kappa shape index (κ1) is 21.5. The summed E-state index contributed by atoms with van der Waals surface area (Å²) in [7, 11) is -2.53. The molecule has 0 radical (unpaired) electrons. The molecule has 0 heterocycles. The summed E-state index contributed by atoms with van der Waals surface area (Å²) in [6, 6.07) is 8.91. The molecule has 9 nitrogen and oxygen atoms in total. The molecule has 0 aliphatic carbocycles. The number of ketones is 1. The van der Waals surface area contributed by atoms with E-state index in [2.05, 4.69) is 4.72 Å². The van der Waals surface area contributed by atoms with Crippen molar-refractivity contribution in [3.8, 4) is 11.5 Å². The van der Waals surface area contributed by atoms with Gasteiger partial charge in [-0.15, -0.1) is 0 Å². The summed E-state index contributed by atoms with van der Waals surface area (Å²) < 4.78 is 37.6. The molecule has 1 N–H and O–H groups in total. The highest BCUT2D eigenvalue weighted by Crippen LogP contribution is 2.33. The summed E-state index contributed by atoms with van der Waals surface area (Å²) in [6.07, 6.45) is 0. The molecular weight excluding hydrogens is 388 g/mol. The highest BCUT2D eigenvalue weighted by molar-refractivity contribution is 7.89. The number of nitrogens with one attached hydrogen (secondary N) is 1. The minimum atomic E-state index is -3.97. The molecule has 2 aromatic rings. The Morgan fingerprint density at radius 3 is 2.39 bits per heavy atom. The SMILES string of the molecule is COC[C@H](C)NS(=O)(=O)c1ccc(Oc2ccc(C(C)=O)cc2)c([N+](=O)[O-])c1. The minimum Gasteiger partial charge on any atom is -0.450 e. The van der Waals surface area contributed by atoms with E-state index in [1.54, 1.807) is 6.92 Å². The van der Waals surface area contributed by atoms with Crippen LogP contribution >= 0.6 is 0 Å². The quantitative estimate of drug-likeness (QED) is 0.384. The molecule has 0 spiro atoms.